The van der Waals surface area contributed by atoms with Crippen molar-refractivity contribution < 1.29 is 13.9 Å². The standard InChI is InChI=1S/C17H13N3O3S/c21-16(14-7-4-10-22-14)20-17(24)19-12-5-3-6-13(11-12)23-15-8-1-2-9-18-15/h1-11H,(H2,19,20,21,24). The minimum absolute atomic E-state index is 0.159. The number of nitrogens with zero attached hydrogens (tertiary/aromatic N) is 1. The van der Waals surface area contributed by atoms with Crippen LogP contribution < -0.4 is 15.4 Å². The molecule has 2 heterocycles. The van der Waals surface area contributed by atoms with Crippen LogP contribution in [0, 0.1) is 0 Å². The Kier molecular flexibility index (Phi) is 4.83. The van der Waals surface area contributed by atoms with E-state index in [1.807, 2.05) is 12.1 Å². The van der Waals surface area contributed by atoms with E-state index in [9.17, 15) is 4.79 Å². The summed E-state index contributed by atoms with van der Waals surface area (Å²) >= 11 is 5.12. The zero-order valence-corrected chi connectivity index (χ0v) is 13.2. The normalized spacial score (nSPS) is 10.0. The van der Waals surface area contributed by atoms with Crippen molar-refractivity contribution in [3.8, 4) is 11.6 Å². The molecule has 24 heavy (non-hydrogen) atoms. The third-order valence-electron chi connectivity index (χ3n) is 2.92. The van der Waals surface area contributed by atoms with Gasteiger partial charge in [-0.1, -0.05) is 12.1 Å². The number of anilines is 1. The van der Waals surface area contributed by atoms with Crippen molar-refractivity contribution in [2.75, 3.05) is 5.32 Å². The predicted molar refractivity (Wildman–Crippen MR) is 93.1 cm³/mol. The van der Waals surface area contributed by atoms with Crippen molar-refractivity contribution in [2.45, 2.75) is 0 Å². The fourth-order valence-electron chi connectivity index (χ4n) is 1.90. The van der Waals surface area contributed by atoms with Gasteiger partial charge in [-0.25, -0.2) is 4.98 Å². The van der Waals surface area contributed by atoms with E-state index in [0.717, 1.165) is 0 Å². The Hall–Kier alpha value is -3.19. The monoisotopic (exact) mass is 339 g/mol. The highest BCUT2D eigenvalue weighted by atomic mass is 32.1. The summed E-state index contributed by atoms with van der Waals surface area (Å²) in [6.07, 6.45) is 3.07. The molecule has 0 fully saturated rings. The van der Waals surface area contributed by atoms with E-state index in [1.165, 1.54) is 6.26 Å². The number of amides is 1. The molecule has 0 saturated carbocycles. The number of benzene rings is 1. The first-order valence-electron chi connectivity index (χ1n) is 7.05. The lowest BCUT2D eigenvalue weighted by Crippen LogP contribution is -2.33. The van der Waals surface area contributed by atoms with Gasteiger partial charge in [0.1, 0.15) is 5.75 Å². The van der Waals surface area contributed by atoms with E-state index in [-0.39, 0.29) is 10.9 Å². The van der Waals surface area contributed by atoms with E-state index in [2.05, 4.69) is 15.6 Å². The average molecular weight is 339 g/mol. The van der Waals surface area contributed by atoms with Crippen LogP contribution in [0.5, 0.6) is 11.6 Å². The van der Waals surface area contributed by atoms with Gasteiger partial charge in [0, 0.05) is 24.0 Å². The van der Waals surface area contributed by atoms with Crippen molar-refractivity contribution in [3.05, 3.63) is 72.8 Å². The number of carbonyl (C=O) groups excluding carboxylic acids is 1. The molecule has 7 heteroatoms. The van der Waals surface area contributed by atoms with Crippen LogP contribution in [0.1, 0.15) is 10.6 Å². The van der Waals surface area contributed by atoms with Crippen LogP contribution in [0.2, 0.25) is 0 Å². The fraction of sp³-hybridized carbons (Fsp3) is 0. The van der Waals surface area contributed by atoms with Crippen LogP contribution in [-0.2, 0) is 0 Å². The molecule has 6 nitrogen and oxygen atoms in total. The number of thiocarbonyl (C=S) groups is 1. The second-order valence-corrected chi connectivity index (χ2v) is 5.09. The average Bonchev–Trinajstić information content (AvgIpc) is 3.10. The number of nitrogens with one attached hydrogen (secondary N) is 2. The molecule has 0 aliphatic carbocycles. The van der Waals surface area contributed by atoms with Crippen LogP contribution in [-0.4, -0.2) is 16.0 Å². The summed E-state index contributed by atoms with van der Waals surface area (Å²) in [6, 6.07) is 15.7. The number of hydrogen-bond donors (Lipinski definition) is 2. The van der Waals surface area contributed by atoms with E-state index < -0.39 is 5.91 Å². The van der Waals surface area contributed by atoms with E-state index in [4.69, 9.17) is 21.4 Å². The van der Waals surface area contributed by atoms with Crippen molar-refractivity contribution in [1.82, 2.24) is 10.3 Å². The second-order valence-electron chi connectivity index (χ2n) is 4.68. The number of ether oxygens (including phenoxy) is 1. The minimum Gasteiger partial charge on any atom is -0.459 e. The van der Waals surface area contributed by atoms with E-state index in [0.29, 0.717) is 17.3 Å². The van der Waals surface area contributed by atoms with Crippen molar-refractivity contribution in [3.63, 3.8) is 0 Å². The quantitative estimate of drug-likeness (QED) is 0.708. The molecule has 3 aromatic rings. The first kappa shape index (κ1) is 15.7. The van der Waals surface area contributed by atoms with Gasteiger partial charge in [-0.15, -0.1) is 0 Å². The Morgan fingerprint density at radius 1 is 1.12 bits per heavy atom. The lowest BCUT2D eigenvalue weighted by atomic mass is 10.3. The molecule has 0 radical (unpaired) electrons. The number of rotatable bonds is 4. The summed E-state index contributed by atoms with van der Waals surface area (Å²) in [7, 11) is 0. The topological polar surface area (TPSA) is 76.4 Å². The smallest absolute Gasteiger partial charge is 0.293 e. The molecule has 120 valence electrons. The van der Waals surface area contributed by atoms with E-state index in [1.54, 1.807) is 48.7 Å². The number of pyridine rings is 1. The first-order chi connectivity index (χ1) is 11.7. The highest BCUT2D eigenvalue weighted by Crippen LogP contribution is 2.22. The Balaban J connectivity index is 1.62. The van der Waals surface area contributed by atoms with Gasteiger partial charge >= 0.3 is 0 Å². The molecule has 2 N–H and O–H groups in total. The number of aromatic nitrogens is 1. The SMILES string of the molecule is O=C(NC(=S)Nc1cccc(Oc2ccccn2)c1)c1ccco1. The van der Waals surface area contributed by atoms with Crippen molar-refractivity contribution in [2.24, 2.45) is 0 Å². The maximum absolute atomic E-state index is 11.8. The summed E-state index contributed by atoms with van der Waals surface area (Å²) in [6.45, 7) is 0. The largest absolute Gasteiger partial charge is 0.459 e. The van der Waals surface area contributed by atoms with Crippen LogP contribution in [0.15, 0.2) is 71.5 Å². The molecule has 1 amide bonds. The van der Waals surface area contributed by atoms with Crippen LogP contribution in [0.3, 0.4) is 0 Å². The van der Waals surface area contributed by atoms with Gasteiger partial charge in [-0.05, 0) is 42.5 Å². The van der Waals surface area contributed by atoms with E-state index >= 15 is 0 Å². The Morgan fingerprint density at radius 2 is 2.04 bits per heavy atom. The first-order valence-corrected chi connectivity index (χ1v) is 7.46. The third kappa shape index (κ3) is 4.17. The lowest BCUT2D eigenvalue weighted by Gasteiger charge is -2.10. The lowest BCUT2D eigenvalue weighted by molar-refractivity contribution is 0.0950. The minimum atomic E-state index is -0.418. The zero-order chi connectivity index (χ0) is 16.8. The van der Waals surface area contributed by atoms with Crippen LogP contribution in [0.4, 0.5) is 5.69 Å². The molecule has 0 unspecified atom stereocenters. The van der Waals surface area contributed by atoms with Gasteiger partial charge in [0.15, 0.2) is 10.9 Å². The summed E-state index contributed by atoms with van der Waals surface area (Å²) < 4.78 is 10.6. The molecule has 1 aromatic carbocycles. The molecule has 0 saturated heterocycles. The number of hydrogen-bond acceptors (Lipinski definition) is 5. The van der Waals surface area contributed by atoms with Gasteiger partial charge in [0.05, 0.1) is 6.26 Å². The van der Waals surface area contributed by atoms with Gasteiger partial charge in [-0.2, -0.15) is 0 Å². The summed E-state index contributed by atoms with van der Waals surface area (Å²) in [5.41, 5.74) is 0.674. The van der Waals surface area contributed by atoms with Gasteiger partial charge in [0.25, 0.3) is 5.91 Å². The zero-order valence-electron chi connectivity index (χ0n) is 12.4. The molecule has 0 aliphatic rings. The maximum atomic E-state index is 11.8. The van der Waals surface area contributed by atoms with Gasteiger partial charge < -0.3 is 14.5 Å². The third-order valence-corrected chi connectivity index (χ3v) is 3.13. The number of carbonyl (C=O) groups is 1. The van der Waals surface area contributed by atoms with Crippen LogP contribution in [0.25, 0.3) is 0 Å². The van der Waals surface area contributed by atoms with Crippen molar-refractivity contribution in [1.29, 1.82) is 0 Å². The summed E-state index contributed by atoms with van der Waals surface area (Å²) in [5, 5.41) is 5.61. The molecule has 0 spiro atoms. The molecule has 0 aliphatic heterocycles. The molecule has 3 rings (SSSR count). The molecule has 0 bridgehead atoms. The Bertz CT molecular complexity index is 835. The highest BCUT2D eigenvalue weighted by Gasteiger charge is 2.10. The van der Waals surface area contributed by atoms with Gasteiger partial charge in [0.2, 0.25) is 5.88 Å². The molecule has 2 aromatic heterocycles. The fourth-order valence-corrected chi connectivity index (χ4v) is 2.11. The molecular formula is C17H13N3O3S. The van der Waals surface area contributed by atoms with Crippen LogP contribution >= 0.6 is 12.2 Å². The second kappa shape index (κ2) is 7.38. The predicted octanol–water partition coefficient (Wildman–Crippen LogP) is 3.59. The van der Waals surface area contributed by atoms with Crippen molar-refractivity contribution >= 4 is 28.9 Å². The maximum Gasteiger partial charge on any atom is 0.293 e. The Labute approximate surface area is 143 Å². The van der Waals surface area contributed by atoms with Gasteiger partial charge in [-0.3, -0.25) is 10.1 Å². The Morgan fingerprint density at radius 3 is 2.79 bits per heavy atom. The molecule has 0 atom stereocenters. The highest BCUT2D eigenvalue weighted by molar-refractivity contribution is 7.80. The molecular weight excluding hydrogens is 326 g/mol. The number of furan rings is 1. The summed E-state index contributed by atoms with van der Waals surface area (Å²) in [4.78, 5) is 15.9. The summed E-state index contributed by atoms with van der Waals surface area (Å²) in [5.74, 6) is 0.854.